The minimum atomic E-state index is -0.104. The molecule has 0 amide bonds. The van der Waals surface area contributed by atoms with E-state index in [1.807, 2.05) is 0 Å². The van der Waals surface area contributed by atoms with Crippen LogP contribution in [0.2, 0.25) is 0 Å². The summed E-state index contributed by atoms with van der Waals surface area (Å²) in [6.07, 6.45) is 8.20. The molecule has 1 rings (SSSR count). The van der Waals surface area contributed by atoms with E-state index in [1.54, 1.807) is 0 Å². The second-order valence-electron chi connectivity index (χ2n) is 4.92. The Kier molecular flexibility index (Phi) is 5.81. The van der Waals surface area contributed by atoms with Gasteiger partial charge < -0.3 is 10.1 Å². The first kappa shape index (κ1) is 13.5. The van der Waals surface area contributed by atoms with E-state index in [-0.39, 0.29) is 5.97 Å². The summed E-state index contributed by atoms with van der Waals surface area (Å²) in [5.41, 5.74) is 0.547. The molecule has 0 spiro atoms. The van der Waals surface area contributed by atoms with Gasteiger partial charge in [-0.05, 0) is 37.6 Å². The Hall–Kier alpha value is -0.570. The van der Waals surface area contributed by atoms with Crippen LogP contribution in [0.1, 0.15) is 51.9 Å². The third-order valence-corrected chi connectivity index (χ3v) is 3.88. The summed E-state index contributed by atoms with van der Waals surface area (Å²) in [6.45, 7) is 4.34. The Morgan fingerprint density at radius 1 is 1.38 bits per heavy atom. The van der Waals surface area contributed by atoms with Crippen molar-refractivity contribution in [2.45, 2.75) is 51.9 Å². The molecular formula is C13H25NO2. The maximum atomic E-state index is 10.9. The predicted octanol–water partition coefficient (Wildman–Crippen LogP) is 2.50. The summed E-state index contributed by atoms with van der Waals surface area (Å²) < 4.78 is 4.60. The van der Waals surface area contributed by atoms with E-state index in [4.69, 9.17) is 0 Å². The van der Waals surface area contributed by atoms with Crippen molar-refractivity contribution in [1.29, 1.82) is 0 Å². The fraction of sp³-hybridized carbons (Fsp3) is 0.923. The highest BCUT2D eigenvalue weighted by atomic mass is 16.5. The Bertz CT molecular complexity index is 210. The van der Waals surface area contributed by atoms with E-state index in [0.29, 0.717) is 11.8 Å². The number of esters is 1. The fourth-order valence-electron chi connectivity index (χ4n) is 2.59. The number of hydrogen-bond acceptors (Lipinski definition) is 3. The molecule has 1 fully saturated rings. The van der Waals surface area contributed by atoms with Crippen molar-refractivity contribution in [2.75, 3.05) is 20.2 Å². The molecule has 0 aromatic carbocycles. The van der Waals surface area contributed by atoms with Crippen LogP contribution in [0.25, 0.3) is 0 Å². The highest BCUT2D eigenvalue weighted by molar-refractivity contribution is 5.69. The summed E-state index contributed by atoms with van der Waals surface area (Å²) in [6, 6.07) is 0. The summed E-state index contributed by atoms with van der Waals surface area (Å²) >= 11 is 0. The van der Waals surface area contributed by atoms with Gasteiger partial charge in [0.1, 0.15) is 0 Å². The number of methoxy groups -OCH3 is 1. The first-order valence-corrected chi connectivity index (χ1v) is 6.50. The third kappa shape index (κ3) is 4.12. The molecular weight excluding hydrogens is 202 g/mol. The largest absolute Gasteiger partial charge is 0.469 e. The molecule has 16 heavy (non-hydrogen) atoms. The molecule has 94 valence electrons. The minimum Gasteiger partial charge on any atom is -0.469 e. The van der Waals surface area contributed by atoms with Gasteiger partial charge in [-0.1, -0.05) is 19.8 Å². The fourth-order valence-corrected chi connectivity index (χ4v) is 2.59. The molecule has 0 atom stereocenters. The SMILES string of the molecule is CCC1(CNCCCC(=O)OC)CCCC1. The lowest BCUT2D eigenvalue weighted by Crippen LogP contribution is -2.32. The van der Waals surface area contributed by atoms with Crippen LogP contribution in [-0.4, -0.2) is 26.2 Å². The molecule has 0 bridgehead atoms. The van der Waals surface area contributed by atoms with Crippen molar-refractivity contribution in [3.63, 3.8) is 0 Å². The molecule has 0 heterocycles. The standard InChI is InChI=1S/C13H25NO2/c1-3-13(8-4-5-9-13)11-14-10-6-7-12(15)16-2/h14H,3-11H2,1-2H3. The molecule has 0 aliphatic heterocycles. The third-order valence-electron chi connectivity index (χ3n) is 3.88. The number of carbonyl (C=O) groups is 1. The number of hydrogen-bond donors (Lipinski definition) is 1. The number of ether oxygens (including phenoxy) is 1. The molecule has 3 heteroatoms. The van der Waals surface area contributed by atoms with Gasteiger partial charge in [0.2, 0.25) is 0 Å². The first-order valence-electron chi connectivity index (χ1n) is 6.50. The van der Waals surface area contributed by atoms with Gasteiger partial charge >= 0.3 is 5.97 Å². The van der Waals surface area contributed by atoms with E-state index in [2.05, 4.69) is 17.0 Å². The summed E-state index contributed by atoms with van der Waals surface area (Å²) in [5, 5.41) is 3.49. The van der Waals surface area contributed by atoms with Crippen molar-refractivity contribution in [3.05, 3.63) is 0 Å². The number of rotatable bonds is 7. The smallest absolute Gasteiger partial charge is 0.305 e. The molecule has 3 nitrogen and oxygen atoms in total. The maximum absolute atomic E-state index is 10.9. The summed E-state index contributed by atoms with van der Waals surface area (Å²) in [5.74, 6) is -0.104. The highest BCUT2D eigenvalue weighted by Gasteiger charge is 2.31. The van der Waals surface area contributed by atoms with Gasteiger partial charge in [-0.25, -0.2) is 0 Å². The highest BCUT2D eigenvalue weighted by Crippen LogP contribution is 2.40. The molecule has 0 aromatic rings. The molecule has 0 saturated heterocycles. The van der Waals surface area contributed by atoms with E-state index < -0.39 is 0 Å². The van der Waals surface area contributed by atoms with Crippen LogP contribution < -0.4 is 5.32 Å². The van der Waals surface area contributed by atoms with Crippen molar-refractivity contribution in [1.82, 2.24) is 5.32 Å². The zero-order valence-corrected chi connectivity index (χ0v) is 10.7. The topological polar surface area (TPSA) is 38.3 Å². The lowest BCUT2D eigenvalue weighted by Gasteiger charge is -2.27. The van der Waals surface area contributed by atoms with E-state index in [9.17, 15) is 4.79 Å². The second kappa shape index (κ2) is 6.89. The minimum absolute atomic E-state index is 0.104. The van der Waals surface area contributed by atoms with Crippen LogP contribution in [0.3, 0.4) is 0 Å². The summed E-state index contributed by atoms with van der Waals surface area (Å²) in [4.78, 5) is 10.9. The second-order valence-corrected chi connectivity index (χ2v) is 4.92. The molecule has 0 aromatic heterocycles. The van der Waals surface area contributed by atoms with Crippen LogP contribution in [0.5, 0.6) is 0 Å². The lowest BCUT2D eigenvalue weighted by atomic mass is 9.83. The van der Waals surface area contributed by atoms with Gasteiger partial charge in [0.25, 0.3) is 0 Å². The quantitative estimate of drug-likeness (QED) is 0.536. The van der Waals surface area contributed by atoms with Crippen molar-refractivity contribution < 1.29 is 9.53 Å². The molecule has 0 radical (unpaired) electrons. The van der Waals surface area contributed by atoms with Gasteiger partial charge in [0.05, 0.1) is 7.11 Å². The molecule has 0 unspecified atom stereocenters. The molecule has 1 aliphatic rings. The maximum Gasteiger partial charge on any atom is 0.305 e. The summed E-state index contributed by atoms with van der Waals surface area (Å²) in [7, 11) is 1.44. The van der Waals surface area contributed by atoms with Crippen LogP contribution in [-0.2, 0) is 9.53 Å². The van der Waals surface area contributed by atoms with Crippen LogP contribution in [0.4, 0.5) is 0 Å². The Morgan fingerprint density at radius 2 is 2.06 bits per heavy atom. The van der Waals surface area contributed by atoms with Gasteiger partial charge in [-0.15, -0.1) is 0 Å². The van der Waals surface area contributed by atoms with Crippen LogP contribution >= 0.6 is 0 Å². The van der Waals surface area contributed by atoms with Gasteiger partial charge in [-0.2, -0.15) is 0 Å². The normalized spacial score (nSPS) is 18.6. The Morgan fingerprint density at radius 3 is 2.62 bits per heavy atom. The van der Waals surface area contributed by atoms with Crippen LogP contribution in [0, 0.1) is 5.41 Å². The molecule has 1 aliphatic carbocycles. The Labute approximate surface area is 98.9 Å². The van der Waals surface area contributed by atoms with Crippen molar-refractivity contribution in [3.8, 4) is 0 Å². The van der Waals surface area contributed by atoms with E-state index in [0.717, 1.165) is 19.5 Å². The van der Waals surface area contributed by atoms with Crippen molar-refractivity contribution >= 4 is 5.97 Å². The van der Waals surface area contributed by atoms with Gasteiger partial charge in [0.15, 0.2) is 0 Å². The molecule has 1 N–H and O–H groups in total. The van der Waals surface area contributed by atoms with E-state index in [1.165, 1.54) is 39.2 Å². The predicted molar refractivity (Wildman–Crippen MR) is 65.3 cm³/mol. The Balaban J connectivity index is 2.07. The number of carbonyl (C=O) groups excluding carboxylic acids is 1. The van der Waals surface area contributed by atoms with Crippen molar-refractivity contribution in [2.24, 2.45) is 5.41 Å². The average molecular weight is 227 g/mol. The lowest BCUT2D eigenvalue weighted by molar-refractivity contribution is -0.140. The number of nitrogens with one attached hydrogen (secondary N) is 1. The molecule has 1 saturated carbocycles. The average Bonchev–Trinajstić information content (AvgIpc) is 2.77. The zero-order chi connectivity index (χ0) is 11.9. The van der Waals surface area contributed by atoms with Crippen LogP contribution in [0.15, 0.2) is 0 Å². The van der Waals surface area contributed by atoms with Gasteiger partial charge in [-0.3, -0.25) is 4.79 Å². The first-order chi connectivity index (χ1) is 7.72. The monoisotopic (exact) mass is 227 g/mol. The zero-order valence-electron chi connectivity index (χ0n) is 10.7. The van der Waals surface area contributed by atoms with Gasteiger partial charge in [0, 0.05) is 13.0 Å². The van der Waals surface area contributed by atoms with E-state index >= 15 is 0 Å².